The molecule has 0 aromatic heterocycles. The quantitative estimate of drug-likeness (QED) is 0.625. The predicted octanol–water partition coefficient (Wildman–Crippen LogP) is 0.0332. The average molecular weight is 170 g/mol. The lowest BCUT2D eigenvalue weighted by atomic mass is 10.1. The summed E-state index contributed by atoms with van der Waals surface area (Å²) in [5, 5.41) is 19.6. The number of nitrogens with zero attached hydrogens (tertiary/aromatic N) is 1. The molecule has 0 aliphatic rings. The standard InChI is InChI=1S/C8H14N2O2/c1-3-7(4-9)8(12)10-6(2)5-11/h6-7,11H,3,5H2,1-2H3,(H,10,12). The van der Waals surface area contributed by atoms with Crippen molar-refractivity contribution in [1.82, 2.24) is 5.32 Å². The number of aliphatic hydroxyl groups excluding tert-OH is 1. The van der Waals surface area contributed by atoms with E-state index in [1.807, 2.05) is 6.07 Å². The maximum atomic E-state index is 11.1. The fourth-order valence-electron chi connectivity index (χ4n) is 0.724. The van der Waals surface area contributed by atoms with Crippen molar-refractivity contribution in [1.29, 1.82) is 5.26 Å². The van der Waals surface area contributed by atoms with Gasteiger partial charge >= 0.3 is 0 Å². The van der Waals surface area contributed by atoms with Crippen LogP contribution in [0.25, 0.3) is 0 Å². The number of rotatable bonds is 4. The van der Waals surface area contributed by atoms with Crippen molar-refractivity contribution < 1.29 is 9.90 Å². The van der Waals surface area contributed by atoms with Gasteiger partial charge in [-0.25, -0.2) is 0 Å². The van der Waals surface area contributed by atoms with Crippen molar-refractivity contribution in [2.45, 2.75) is 26.3 Å². The van der Waals surface area contributed by atoms with Gasteiger partial charge in [-0.3, -0.25) is 4.79 Å². The molecule has 0 bridgehead atoms. The zero-order valence-corrected chi connectivity index (χ0v) is 7.37. The molecule has 0 saturated carbocycles. The lowest BCUT2D eigenvalue weighted by Crippen LogP contribution is -2.38. The first-order chi connectivity index (χ1) is 5.65. The Morgan fingerprint density at radius 2 is 2.33 bits per heavy atom. The first kappa shape index (κ1) is 10.9. The molecule has 0 aliphatic heterocycles. The molecule has 4 heteroatoms. The topological polar surface area (TPSA) is 73.1 Å². The molecule has 1 amide bonds. The molecule has 2 unspecified atom stereocenters. The number of carbonyl (C=O) groups excluding carboxylic acids is 1. The van der Waals surface area contributed by atoms with Gasteiger partial charge in [0.05, 0.1) is 12.7 Å². The maximum Gasteiger partial charge on any atom is 0.237 e. The lowest BCUT2D eigenvalue weighted by molar-refractivity contribution is -0.124. The number of nitriles is 1. The monoisotopic (exact) mass is 170 g/mol. The van der Waals surface area contributed by atoms with E-state index < -0.39 is 5.92 Å². The summed E-state index contributed by atoms with van der Waals surface area (Å²) in [5.74, 6) is -0.902. The third-order valence-corrected chi connectivity index (χ3v) is 1.54. The Hall–Kier alpha value is -1.08. The molecule has 2 N–H and O–H groups in total. The van der Waals surface area contributed by atoms with E-state index in [1.54, 1.807) is 13.8 Å². The van der Waals surface area contributed by atoms with Crippen LogP contribution in [-0.2, 0) is 4.79 Å². The maximum absolute atomic E-state index is 11.1. The van der Waals surface area contributed by atoms with Crippen molar-refractivity contribution in [2.24, 2.45) is 5.92 Å². The molecule has 12 heavy (non-hydrogen) atoms. The Bertz CT molecular complexity index is 186. The van der Waals surface area contributed by atoms with Crippen LogP contribution in [0.15, 0.2) is 0 Å². The molecule has 0 radical (unpaired) electrons. The summed E-state index contributed by atoms with van der Waals surface area (Å²) in [7, 11) is 0. The lowest BCUT2D eigenvalue weighted by Gasteiger charge is -2.12. The summed E-state index contributed by atoms with van der Waals surface area (Å²) in [6.45, 7) is 3.35. The highest BCUT2D eigenvalue weighted by molar-refractivity contribution is 5.81. The summed E-state index contributed by atoms with van der Waals surface area (Å²) in [6, 6.07) is 1.61. The highest BCUT2D eigenvalue weighted by Gasteiger charge is 2.16. The van der Waals surface area contributed by atoms with E-state index in [1.165, 1.54) is 0 Å². The predicted molar refractivity (Wildman–Crippen MR) is 44.1 cm³/mol. The second-order valence-corrected chi connectivity index (χ2v) is 2.68. The van der Waals surface area contributed by atoms with Gasteiger partial charge in [-0.15, -0.1) is 0 Å². The van der Waals surface area contributed by atoms with Crippen LogP contribution in [0.2, 0.25) is 0 Å². The van der Waals surface area contributed by atoms with E-state index in [4.69, 9.17) is 10.4 Å². The minimum Gasteiger partial charge on any atom is -0.394 e. The van der Waals surface area contributed by atoms with Crippen LogP contribution in [-0.4, -0.2) is 23.7 Å². The molecule has 0 saturated heterocycles. The summed E-state index contributed by atoms with van der Waals surface area (Å²) in [4.78, 5) is 11.1. The van der Waals surface area contributed by atoms with Crippen molar-refractivity contribution in [3.05, 3.63) is 0 Å². The van der Waals surface area contributed by atoms with Gasteiger partial charge in [0.25, 0.3) is 0 Å². The first-order valence-corrected chi connectivity index (χ1v) is 3.96. The average Bonchev–Trinajstić information content (AvgIpc) is 2.06. The zero-order chi connectivity index (χ0) is 9.56. The Morgan fingerprint density at radius 1 is 1.75 bits per heavy atom. The van der Waals surface area contributed by atoms with E-state index in [0.717, 1.165) is 0 Å². The first-order valence-electron chi connectivity index (χ1n) is 3.96. The Labute approximate surface area is 72.2 Å². The fourth-order valence-corrected chi connectivity index (χ4v) is 0.724. The molecule has 0 spiro atoms. The minimum absolute atomic E-state index is 0.104. The largest absolute Gasteiger partial charge is 0.394 e. The number of aliphatic hydroxyl groups is 1. The van der Waals surface area contributed by atoms with Gasteiger partial charge in [0, 0.05) is 6.04 Å². The smallest absolute Gasteiger partial charge is 0.237 e. The SMILES string of the molecule is CCC(C#N)C(=O)NC(C)CO. The van der Waals surface area contributed by atoms with Gasteiger partial charge < -0.3 is 10.4 Å². The van der Waals surface area contributed by atoms with E-state index in [2.05, 4.69) is 5.32 Å². The summed E-state index contributed by atoms with van der Waals surface area (Å²) < 4.78 is 0. The van der Waals surface area contributed by atoms with Crippen molar-refractivity contribution >= 4 is 5.91 Å². The second-order valence-electron chi connectivity index (χ2n) is 2.68. The summed E-state index contributed by atoms with van der Waals surface area (Å²) in [5.41, 5.74) is 0. The van der Waals surface area contributed by atoms with E-state index in [0.29, 0.717) is 6.42 Å². The third kappa shape index (κ3) is 3.35. The van der Waals surface area contributed by atoms with E-state index >= 15 is 0 Å². The molecule has 0 aliphatic carbocycles. The number of carbonyl (C=O) groups is 1. The molecular weight excluding hydrogens is 156 g/mol. The Kier molecular flexibility index (Phi) is 5.06. The molecular formula is C8H14N2O2. The Balaban J connectivity index is 3.95. The Morgan fingerprint density at radius 3 is 2.67 bits per heavy atom. The molecule has 68 valence electrons. The van der Waals surface area contributed by atoms with Crippen LogP contribution >= 0.6 is 0 Å². The van der Waals surface area contributed by atoms with Gasteiger partial charge in [-0.1, -0.05) is 6.92 Å². The van der Waals surface area contributed by atoms with E-state index in [-0.39, 0.29) is 18.6 Å². The highest BCUT2D eigenvalue weighted by Crippen LogP contribution is 2.00. The van der Waals surface area contributed by atoms with E-state index in [9.17, 15) is 4.79 Å². The van der Waals surface area contributed by atoms with Gasteiger partial charge in [-0.2, -0.15) is 5.26 Å². The molecule has 0 fully saturated rings. The van der Waals surface area contributed by atoms with Crippen LogP contribution in [0.5, 0.6) is 0 Å². The summed E-state index contributed by atoms with van der Waals surface area (Å²) >= 11 is 0. The van der Waals surface area contributed by atoms with Gasteiger partial charge in [0.15, 0.2) is 0 Å². The number of hydrogen-bond donors (Lipinski definition) is 2. The molecule has 2 atom stereocenters. The number of amides is 1. The van der Waals surface area contributed by atoms with Crippen LogP contribution < -0.4 is 5.32 Å². The van der Waals surface area contributed by atoms with Crippen molar-refractivity contribution in [3.8, 4) is 6.07 Å². The summed E-state index contributed by atoms with van der Waals surface area (Å²) in [6.07, 6.45) is 0.500. The minimum atomic E-state index is -0.598. The van der Waals surface area contributed by atoms with Gasteiger partial charge in [0.1, 0.15) is 5.92 Å². The number of nitrogens with one attached hydrogen (secondary N) is 1. The van der Waals surface area contributed by atoms with Crippen LogP contribution in [0, 0.1) is 17.2 Å². The molecule has 0 rings (SSSR count). The molecule has 4 nitrogen and oxygen atoms in total. The fraction of sp³-hybridized carbons (Fsp3) is 0.750. The third-order valence-electron chi connectivity index (χ3n) is 1.54. The zero-order valence-electron chi connectivity index (χ0n) is 7.37. The van der Waals surface area contributed by atoms with Crippen LogP contribution in [0.3, 0.4) is 0 Å². The van der Waals surface area contributed by atoms with Gasteiger partial charge in [0.2, 0.25) is 5.91 Å². The van der Waals surface area contributed by atoms with Gasteiger partial charge in [-0.05, 0) is 13.3 Å². The highest BCUT2D eigenvalue weighted by atomic mass is 16.3. The molecule has 0 aromatic carbocycles. The normalized spacial score (nSPS) is 14.5. The van der Waals surface area contributed by atoms with Crippen LogP contribution in [0.1, 0.15) is 20.3 Å². The second kappa shape index (κ2) is 5.56. The molecule has 0 heterocycles. The van der Waals surface area contributed by atoms with Crippen molar-refractivity contribution in [2.75, 3.05) is 6.61 Å². The van der Waals surface area contributed by atoms with Crippen LogP contribution in [0.4, 0.5) is 0 Å². The molecule has 0 aromatic rings. The van der Waals surface area contributed by atoms with Crippen molar-refractivity contribution in [3.63, 3.8) is 0 Å². The number of hydrogen-bond acceptors (Lipinski definition) is 3.